The molecule has 188 valence electrons. The van der Waals surface area contributed by atoms with Gasteiger partial charge in [-0.05, 0) is 50.1 Å². The average molecular weight is 528 g/mol. The van der Waals surface area contributed by atoms with Crippen LogP contribution < -0.4 is 10.0 Å². The molecule has 2 aromatic heterocycles. The van der Waals surface area contributed by atoms with Crippen LogP contribution in [0.4, 0.5) is 21.8 Å². The summed E-state index contributed by atoms with van der Waals surface area (Å²) in [4.78, 5) is 30.9. The number of rotatable bonds is 6. The minimum Gasteiger partial charge on any atom is -0.336 e. The van der Waals surface area contributed by atoms with Gasteiger partial charge in [-0.25, -0.2) is 19.3 Å². The van der Waals surface area contributed by atoms with Gasteiger partial charge < -0.3 is 14.9 Å². The number of benzene rings is 1. The smallest absolute Gasteiger partial charge is 0.254 e. The maximum absolute atomic E-state index is 13.8. The van der Waals surface area contributed by atoms with Crippen molar-refractivity contribution in [1.82, 2.24) is 24.8 Å². The fraction of sp³-hybridized carbons (Fsp3) is 0.360. The van der Waals surface area contributed by atoms with Gasteiger partial charge in [-0.2, -0.15) is 0 Å². The molecule has 36 heavy (non-hydrogen) atoms. The van der Waals surface area contributed by atoms with E-state index in [4.69, 9.17) is 11.6 Å². The van der Waals surface area contributed by atoms with Crippen molar-refractivity contribution >= 4 is 46.9 Å². The molecule has 1 fully saturated rings. The van der Waals surface area contributed by atoms with Crippen molar-refractivity contribution < 1.29 is 9.18 Å². The second-order valence-corrected chi connectivity index (χ2v) is 10.1. The van der Waals surface area contributed by atoms with Gasteiger partial charge in [-0.1, -0.05) is 23.5 Å². The molecule has 2 aliphatic heterocycles. The number of piperidine rings is 1. The highest BCUT2D eigenvalue weighted by molar-refractivity contribution is 7.99. The minimum absolute atomic E-state index is 0.0393. The predicted octanol–water partition coefficient (Wildman–Crippen LogP) is 5.11. The van der Waals surface area contributed by atoms with Gasteiger partial charge in [0.1, 0.15) is 11.6 Å². The second-order valence-electron chi connectivity index (χ2n) is 9.09. The molecule has 1 saturated heterocycles. The number of aromatic nitrogens is 3. The van der Waals surface area contributed by atoms with Crippen LogP contribution in [0.3, 0.4) is 0 Å². The Hall–Kier alpha value is -2.95. The lowest BCUT2D eigenvalue weighted by atomic mass is 9.96. The van der Waals surface area contributed by atoms with E-state index < -0.39 is 5.82 Å². The van der Waals surface area contributed by atoms with Crippen LogP contribution in [0, 0.1) is 5.82 Å². The number of anilines is 3. The number of carbonyl (C=O) groups excluding carboxylic acids is 1. The third-order valence-corrected chi connectivity index (χ3v) is 7.42. The maximum atomic E-state index is 13.8. The summed E-state index contributed by atoms with van der Waals surface area (Å²) in [6, 6.07) is 8.56. The Morgan fingerprint density at radius 1 is 1.22 bits per heavy atom. The monoisotopic (exact) mass is 527 g/mol. The summed E-state index contributed by atoms with van der Waals surface area (Å²) in [5.41, 5.74) is 3.26. The molecule has 2 atom stereocenters. The van der Waals surface area contributed by atoms with Gasteiger partial charge in [0.05, 0.1) is 10.7 Å². The van der Waals surface area contributed by atoms with Crippen molar-refractivity contribution in [3.63, 3.8) is 0 Å². The second kappa shape index (κ2) is 10.6. The first kappa shape index (κ1) is 24.7. The molecular formula is C25H27ClFN7OS. The van der Waals surface area contributed by atoms with E-state index in [0.29, 0.717) is 35.6 Å². The molecule has 0 radical (unpaired) electrons. The summed E-state index contributed by atoms with van der Waals surface area (Å²) in [5.74, 6) is 0.659. The summed E-state index contributed by atoms with van der Waals surface area (Å²) in [6.07, 6.45) is 7.21. The molecule has 0 spiro atoms. The van der Waals surface area contributed by atoms with Crippen molar-refractivity contribution in [2.24, 2.45) is 0 Å². The quantitative estimate of drug-likeness (QED) is 0.428. The van der Waals surface area contributed by atoms with Gasteiger partial charge >= 0.3 is 0 Å². The van der Waals surface area contributed by atoms with Crippen LogP contribution in [-0.4, -0.2) is 55.5 Å². The Morgan fingerprint density at radius 2 is 2.08 bits per heavy atom. The lowest BCUT2D eigenvalue weighted by Gasteiger charge is -2.41. The molecule has 3 aromatic rings. The van der Waals surface area contributed by atoms with Gasteiger partial charge in [0.15, 0.2) is 0 Å². The first-order chi connectivity index (χ1) is 17.4. The number of halogens is 2. The zero-order valence-electron chi connectivity index (χ0n) is 20.0. The maximum Gasteiger partial charge on any atom is 0.254 e. The molecule has 8 nitrogen and oxygen atoms in total. The highest BCUT2D eigenvalue weighted by atomic mass is 35.5. The molecule has 2 aliphatic rings. The minimum atomic E-state index is -0.492. The van der Waals surface area contributed by atoms with Crippen LogP contribution in [0.5, 0.6) is 0 Å². The van der Waals surface area contributed by atoms with Crippen LogP contribution in [0.15, 0.2) is 42.7 Å². The van der Waals surface area contributed by atoms with Crippen molar-refractivity contribution in [2.75, 3.05) is 22.8 Å². The van der Waals surface area contributed by atoms with E-state index in [-0.39, 0.29) is 17.0 Å². The molecule has 1 amide bonds. The van der Waals surface area contributed by atoms with E-state index in [1.807, 2.05) is 17.4 Å². The third kappa shape index (κ3) is 5.25. The van der Waals surface area contributed by atoms with Crippen molar-refractivity contribution in [1.29, 1.82) is 0 Å². The fourth-order valence-electron chi connectivity index (χ4n) is 4.87. The topological polar surface area (TPSA) is 86.3 Å². The van der Waals surface area contributed by atoms with Crippen LogP contribution in [-0.2, 0) is 13.1 Å². The first-order valence-electron chi connectivity index (χ1n) is 11.8. The van der Waals surface area contributed by atoms with Crippen LogP contribution in [0.25, 0.3) is 0 Å². The summed E-state index contributed by atoms with van der Waals surface area (Å²) in [6.45, 7) is 4.32. The van der Waals surface area contributed by atoms with Crippen molar-refractivity contribution in [3.05, 3.63) is 70.4 Å². The molecular weight excluding hydrogens is 501 g/mol. The number of carbonyl (C=O) groups is 1. The standard InChI is InChI=1S/C25H27ClFN7OS/c1-15-9-19(6-8-34(15)24(35)16-5-7-28-23(10-16)32-36-2)33-13-17-12-29-25(31-22(17)14-33)30-18-3-4-20(26)21(27)11-18/h3-5,7,10-12,15,19H,6,8-9,13-14H2,1-2H3,(H,28,32)(H,29,30,31)/t15-,19-/m1/s1. The van der Waals surface area contributed by atoms with E-state index in [9.17, 15) is 9.18 Å². The zero-order chi connectivity index (χ0) is 25.2. The molecule has 0 aliphatic carbocycles. The van der Waals surface area contributed by atoms with Crippen LogP contribution >= 0.6 is 23.5 Å². The summed E-state index contributed by atoms with van der Waals surface area (Å²) < 4.78 is 16.8. The lowest BCUT2D eigenvalue weighted by molar-refractivity contribution is 0.0460. The Kier molecular flexibility index (Phi) is 7.27. The molecule has 1 aromatic carbocycles. The van der Waals surface area contributed by atoms with Gasteiger partial charge in [-0.15, -0.1) is 0 Å². The Morgan fingerprint density at radius 3 is 2.86 bits per heavy atom. The predicted molar refractivity (Wildman–Crippen MR) is 141 cm³/mol. The number of fused-ring (bicyclic) bond motifs is 1. The van der Waals surface area contributed by atoms with Crippen molar-refractivity contribution in [2.45, 2.75) is 44.9 Å². The lowest BCUT2D eigenvalue weighted by Crippen LogP contribution is -2.50. The SMILES string of the molecule is CSNc1cc(C(=O)N2CC[C@@H](N3Cc4cnc(Nc5ccc(Cl)c(F)c5)nc4C3)C[C@H]2C)ccn1. The Labute approximate surface area is 218 Å². The summed E-state index contributed by atoms with van der Waals surface area (Å²) in [7, 11) is 0. The summed E-state index contributed by atoms with van der Waals surface area (Å²) in [5, 5.41) is 3.13. The number of hydrogen-bond acceptors (Lipinski definition) is 8. The van der Waals surface area contributed by atoms with E-state index in [2.05, 4.69) is 36.8 Å². The van der Waals surface area contributed by atoms with Crippen LogP contribution in [0.1, 0.15) is 41.4 Å². The molecule has 5 rings (SSSR count). The third-order valence-electron chi connectivity index (χ3n) is 6.70. The Bertz CT molecular complexity index is 1280. The van der Waals surface area contributed by atoms with E-state index >= 15 is 0 Å². The van der Waals surface area contributed by atoms with Gasteiger partial charge in [0.2, 0.25) is 5.95 Å². The number of pyridine rings is 1. The van der Waals surface area contributed by atoms with E-state index in [1.54, 1.807) is 24.4 Å². The fourth-order valence-corrected chi connectivity index (χ4v) is 5.31. The number of nitrogens with zero attached hydrogens (tertiary/aromatic N) is 5. The Balaban J connectivity index is 1.21. The highest BCUT2D eigenvalue weighted by Gasteiger charge is 2.35. The number of amides is 1. The van der Waals surface area contributed by atoms with Crippen molar-refractivity contribution in [3.8, 4) is 0 Å². The molecule has 2 N–H and O–H groups in total. The van der Waals surface area contributed by atoms with Gasteiger partial charge in [-0.3, -0.25) is 9.69 Å². The number of nitrogens with one attached hydrogen (secondary N) is 2. The van der Waals surface area contributed by atoms with Gasteiger partial charge in [0, 0.05) is 67.2 Å². The number of likely N-dealkylation sites (tertiary alicyclic amines) is 1. The number of hydrogen-bond donors (Lipinski definition) is 2. The van der Waals surface area contributed by atoms with Gasteiger partial charge in [0.25, 0.3) is 5.91 Å². The molecule has 0 bridgehead atoms. The van der Waals surface area contributed by atoms with E-state index in [0.717, 1.165) is 37.2 Å². The van der Waals surface area contributed by atoms with E-state index in [1.165, 1.54) is 24.1 Å². The highest BCUT2D eigenvalue weighted by Crippen LogP contribution is 2.31. The zero-order valence-corrected chi connectivity index (χ0v) is 21.6. The average Bonchev–Trinajstić information content (AvgIpc) is 3.30. The molecule has 11 heteroatoms. The van der Waals surface area contributed by atoms with Crippen LogP contribution in [0.2, 0.25) is 5.02 Å². The molecule has 0 unspecified atom stereocenters. The summed E-state index contributed by atoms with van der Waals surface area (Å²) >= 11 is 7.21. The normalized spacial score (nSPS) is 19.7. The molecule has 4 heterocycles. The largest absolute Gasteiger partial charge is 0.336 e. The molecule has 0 saturated carbocycles. The first-order valence-corrected chi connectivity index (χ1v) is 13.4.